The summed E-state index contributed by atoms with van der Waals surface area (Å²) in [5.74, 6) is -0.130. The first-order valence-electron chi connectivity index (χ1n) is 7.27. The molecule has 1 saturated heterocycles. The average Bonchev–Trinajstić information content (AvgIpc) is 2.76. The van der Waals surface area contributed by atoms with Gasteiger partial charge in [-0.15, -0.1) is 0 Å². The van der Waals surface area contributed by atoms with E-state index in [9.17, 15) is 13.2 Å². The van der Waals surface area contributed by atoms with Gasteiger partial charge in [0, 0.05) is 40.6 Å². The van der Waals surface area contributed by atoms with Crippen LogP contribution in [0.2, 0.25) is 5.02 Å². The Bertz CT molecular complexity index is 683. The van der Waals surface area contributed by atoms with Crippen molar-refractivity contribution < 1.29 is 13.2 Å². The summed E-state index contributed by atoms with van der Waals surface area (Å²) in [6.07, 6.45) is 3.10. The zero-order valence-electron chi connectivity index (χ0n) is 12.0. The van der Waals surface area contributed by atoms with Gasteiger partial charge in [-0.1, -0.05) is 30.2 Å². The molecule has 1 aliphatic carbocycles. The fourth-order valence-electron chi connectivity index (χ4n) is 3.39. The summed E-state index contributed by atoms with van der Waals surface area (Å²) in [6, 6.07) is 7.71. The lowest BCUT2D eigenvalue weighted by Gasteiger charge is -2.45. The number of halogens is 2. The zero-order chi connectivity index (χ0) is 16.0. The van der Waals surface area contributed by atoms with Crippen LogP contribution in [-0.4, -0.2) is 37.6 Å². The number of likely N-dealkylation sites (tertiary alicyclic amines) is 1. The number of hydrogen-bond donors (Lipinski definition) is 0. The number of carbonyl (C=O) groups excluding carboxylic acids is 1. The number of nitrogens with zero attached hydrogens (tertiary/aromatic N) is 1. The van der Waals surface area contributed by atoms with Gasteiger partial charge in [-0.3, -0.25) is 4.79 Å². The molecular formula is C15H17Cl2NO3S. The van der Waals surface area contributed by atoms with Gasteiger partial charge in [-0.05, 0) is 30.5 Å². The van der Waals surface area contributed by atoms with Crippen LogP contribution in [0.5, 0.6) is 0 Å². The summed E-state index contributed by atoms with van der Waals surface area (Å²) in [7, 11) is 1.71. The van der Waals surface area contributed by atoms with Gasteiger partial charge in [0.1, 0.15) is 5.25 Å². The maximum atomic E-state index is 12.1. The normalized spacial score (nSPS) is 24.4. The maximum absolute atomic E-state index is 12.1. The highest BCUT2D eigenvalue weighted by molar-refractivity contribution is 8.14. The van der Waals surface area contributed by atoms with Crippen LogP contribution in [0.1, 0.15) is 31.2 Å². The Kier molecular flexibility index (Phi) is 4.16. The first-order chi connectivity index (χ1) is 10.3. The molecule has 3 rings (SSSR count). The molecule has 22 heavy (non-hydrogen) atoms. The van der Waals surface area contributed by atoms with Crippen LogP contribution in [0, 0.1) is 0 Å². The molecule has 1 saturated carbocycles. The second-order valence-electron chi connectivity index (χ2n) is 6.22. The van der Waals surface area contributed by atoms with Gasteiger partial charge < -0.3 is 4.90 Å². The fraction of sp³-hybridized carbons (Fsp3) is 0.533. The first-order valence-corrected chi connectivity index (χ1v) is 10.0. The molecule has 1 amide bonds. The second-order valence-corrected chi connectivity index (χ2v) is 9.56. The molecule has 1 unspecified atom stereocenters. The summed E-state index contributed by atoms with van der Waals surface area (Å²) >= 11 is 5.94. The van der Waals surface area contributed by atoms with E-state index < -0.39 is 14.3 Å². The van der Waals surface area contributed by atoms with E-state index in [1.54, 1.807) is 4.90 Å². The molecule has 120 valence electrons. The Morgan fingerprint density at radius 3 is 2.32 bits per heavy atom. The van der Waals surface area contributed by atoms with Crippen molar-refractivity contribution in [2.24, 2.45) is 0 Å². The van der Waals surface area contributed by atoms with Crippen LogP contribution in [0.15, 0.2) is 24.3 Å². The summed E-state index contributed by atoms with van der Waals surface area (Å²) in [5.41, 5.74) is 1.08. The lowest BCUT2D eigenvalue weighted by molar-refractivity contribution is -0.128. The molecule has 1 aliphatic heterocycles. The van der Waals surface area contributed by atoms with Crippen LogP contribution in [0.25, 0.3) is 0 Å². The van der Waals surface area contributed by atoms with Gasteiger partial charge in [0.15, 0.2) is 0 Å². The Morgan fingerprint density at radius 1 is 1.23 bits per heavy atom. The van der Waals surface area contributed by atoms with Gasteiger partial charge in [0.2, 0.25) is 15.0 Å². The number of benzene rings is 1. The van der Waals surface area contributed by atoms with Gasteiger partial charge in [0.05, 0.1) is 0 Å². The van der Waals surface area contributed by atoms with E-state index in [1.807, 2.05) is 24.3 Å². The Labute approximate surface area is 139 Å². The van der Waals surface area contributed by atoms with Crippen LogP contribution < -0.4 is 0 Å². The molecular weight excluding hydrogens is 345 g/mol. The minimum absolute atomic E-state index is 0.0114. The molecule has 1 atom stereocenters. The topological polar surface area (TPSA) is 54.5 Å². The SMILES string of the molecule is O=C1CC(S(=O)(=O)Cl)CN1CC1(c2ccc(Cl)cc2)CCC1. The Hall–Kier alpha value is -0.780. The molecule has 1 aromatic rings. The lowest BCUT2D eigenvalue weighted by Crippen LogP contribution is -2.46. The summed E-state index contributed by atoms with van der Waals surface area (Å²) in [6.45, 7) is 0.746. The molecule has 0 radical (unpaired) electrons. The first kappa shape index (κ1) is 16.1. The Balaban J connectivity index is 1.79. The Morgan fingerprint density at radius 2 is 1.86 bits per heavy atom. The number of hydrogen-bond acceptors (Lipinski definition) is 3. The summed E-state index contributed by atoms with van der Waals surface area (Å²) in [5, 5.41) is -0.104. The monoisotopic (exact) mass is 361 g/mol. The third-order valence-corrected chi connectivity index (χ3v) is 6.96. The quantitative estimate of drug-likeness (QED) is 0.774. The molecule has 2 aliphatic rings. The van der Waals surface area contributed by atoms with Crippen molar-refractivity contribution in [3.63, 3.8) is 0 Å². The largest absolute Gasteiger partial charge is 0.340 e. The van der Waals surface area contributed by atoms with E-state index in [4.69, 9.17) is 22.3 Å². The smallest absolute Gasteiger partial charge is 0.237 e. The van der Waals surface area contributed by atoms with E-state index >= 15 is 0 Å². The van der Waals surface area contributed by atoms with Gasteiger partial charge in [-0.2, -0.15) is 0 Å². The van der Waals surface area contributed by atoms with Crippen LogP contribution in [0.3, 0.4) is 0 Å². The highest BCUT2D eigenvalue weighted by Gasteiger charge is 2.45. The van der Waals surface area contributed by atoms with E-state index in [2.05, 4.69) is 0 Å². The van der Waals surface area contributed by atoms with Crippen molar-refractivity contribution in [1.29, 1.82) is 0 Å². The molecule has 1 heterocycles. The maximum Gasteiger partial charge on any atom is 0.237 e. The van der Waals surface area contributed by atoms with Crippen molar-refractivity contribution >= 4 is 37.2 Å². The minimum atomic E-state index is -3.69. The van der Waals surface area contributed by atoms with Gasteiger partial charge in [0.25, 0.3) is 0 Å². The predicted molar refractivity (Wildman–Crippen MR) is 86.7 cm³/mol. The molecule has 1 aromatic carbocycles. The number of amides is 1. The van der Waals surface area contributed by atoms with Crippen LogP contribution in [-0.2, 0) is 19.3 Å². The van der Waals surface area contributed by atoms with Crippen molar-refractivity contribution in [1.82, 2.24) is 4.90 Å². The van der Waals surface area contributed by atoms with E-state index in [0.29, 0.717) is 11.6 Å². The average molecular weight is 362 g/mol. The number of carbonyl (C=O) groups is 1. The van der Waals surface area contributed by atoms with Crippen molar-refractivity contribution in [3.8, 4) is 0 Å². The van der Waals surface area contributed by atoms with Crippen molar-refractivity contribution in [3.05, 3.63) is 34.9 Å². The fourth-order valence-corrected chi connectivity index (χ4v) is 4.57. The second kappa shape index (κ2) is 5.69. The third kappa shape index (κ3) is 2.99. The van der Waals surface area contributed by atoms with E-state index in [0.717, 1.165) is 24.8 Å². The number of rotatable bonds is 4. The van der Waals surface area contributed by atoms with Crippen LogP contribution >= 0.6 is 22.3 Å². The molecule has 0 bridgehead atoms. The standard InChI is InChI=1S/C15H17Cl2NO3S/c16-12-4-2-11(3-5-12)15(6-1-7-15)10-18-9-13(8-14(18)19)22(17,20)21/h2-5,13H,1,6-10H2. The lowest BCUT2D eigenvalue weighted by atomic mass is 9.64. The molecule has 0 spiro atoms. The molecule has 7 heteroatoms. The van der Waals surface area contributed by atoms with Crippen molar-refractivity contribution in [2.75, 3.05) is 13.1 Å². The van der Waals surface area contributed by atoms with Crippen LogP contribution in [0.4, 0.5) is 0 Å². The molecule has 2 fully saturated rings. The summed E-state index contributed by atoms with van der Waals surface area (Å²) in [4.78, 5) is 13.8. The summed E-state index contributed by atoms with van der Waals surface area (Å²) < 4.78 is 22.9. The molecule has 0 aromatic heterocycles. The molecule has 0 N–H and O–H groups in total. The highest BCUT2D eigenvalue weighted by atomic mass is 35.7. The highest BCUT2D eigenvalue weighted by Crippen LogP contribution is 2.45. The van der Waals surface area contributed by atoms with Gasteiger partial charge >= 0.3 is 0 Å². The molecule has 4 nitrogen and oxygen atoms in total. The van der Waals surface area contributed by atoms with Gasteiger partial charge in [-0.25, -0.2) is 8.42 Å². The third-order valence-electron chi connectivity index (χ3n) is 4.84. The zero-order valence-corrected chi connectivity index (χ0v) is 14.3. The van der Waals surface area contributed by atoms with E-state index in [1.165, 1.54) is 0 Å². The van der Waals surface area contributed by atoms with E-state index in [-0.39, 0.29) is 24.3 Å². The van der Waals surface area contributed by atoms with Crippen molar-refractivity contribution in [2.45, 2.75) is 36.3 Å². The predicted octanol–water partition coefficient (Wildman–Crippen LogP) is 2.93. The minimum Gasteiger partial charge on any atom is -0.340 e.